The first-order valence-corrected chi connectivity index (χ1v) is 6.70. The van der Waals surface area contributed by atoms with Gasteiger partial charge in [0.1, 0.15) is 0 Å². The van der Waals surface area contributed by atoms with Crippen molar-refractivity contribution < 1.29 is 14.7 Å². The highest BCUT2D eigenvalue weighted by molar-refractivity contribution is 7.17. The van der Waals surface area contributed by atoms with Crippen molar-refractivity contribution in [3.8, 4) is 0 Å². The summed E-state index contributed by atoms with van der Waals surface area (Å²) in [5, 5.41) is 9.33. The molecule has 0 saturated heterocycles. The second-order valence-corrected chi connectivity index (χ2v) is 5.53. The van der Waals surface area contributed by atoms with E-state index < -0.39 is 6.09 Å². The van der Waals surface area contributed by atoms with Crippen molar-refractivity contribution in [2.45, 2.75) is 13.3 Å². The summed E-state index contributed by atoms with van der Waals surface area (Å²) in [6.07, 6.45) is -0.360. The molecule has 0 aliphatic carbocycles. The summed E-state index contributed by atoms with van der Waals surface area (Å²) < 4.78 is 0. The van der Waals surface area contributed by atoms with Gasteiger partial charge in [0.25, 0.3) is 5.91 Å². The highest BCUT2D eigenvalue weighted by Crippen LogP contribution is 2.24. The molecule has 1 rings (SSSR count). The molecule has 0 fully saturated rings. The van der Waals surface area contributed by atoms with Crippen LogP contribution in [0.4, 0.5) is 9.80 Å². The third kappa shape index (κ3) is 4.13. The van der Waals surface area contributed by atoms with E-state index >= 15 is 0 Å². The van der Waals surface area contributed by atoms with Crippen LogP contribution in [0.2, 0.25) is 0 Å². The summed E-state index contributed by atoms with van der Waals surface area (Å²) in [5.41, 5.74) is 6.54. The van der Waals surface area contributed by atoms with Crippen LogP contribution in [0.25, 0.3) is 0 Å². The summed E-state index contributed by atoms with van der Waals surface area (Å²) in [4.78, 5) is 26.2. The van der Waals surface area contributed by atoms with Gasteiger partial charge in [0, 0.05) is 27.2 Å². The standard InChI is InChI=1S/C12H19N3O3S/c1-8-7-9(13)19-10(8)11(16)14(2)5-4-6-15(3)12(17)18/h7H,4-6,13H2,1-3H3,(H,17,18). The van der Waals surface area contributed by atoms with Crippen LogP contribution in [0.15, 0.2) is 6.07 Å². The number of nitrogens with two attached hydrogens (primary N) is 1. The van der Waals surface area contributed by atoms with Crippen LogP contribution in [0.3, 0.4) is 0 Å². The van der Waals surface area contributed by atoms with E-state index in [4.69, 9.17) is 10.8 Å². The van der Waals surface area contributed by atoms with E-state index in [1.165, 1.54) is 23.3 Å². The highest BCUT2D eigenvalue weighted by Gasteiger charge is 2.17. The second-order valence-electron chi connectivity index (χ2n) is 4.45. The zero-order valence-corrected chi connectivity index (χ0v) is 12.2. The van der Waals surface area contributed by atoms with E-state index in [0.29, 0.717) is 29.4 Å². The fourth-order valence-corrected chi connectivity index (χ4v) is 2.57. The van der Waals surface area contributed by atoms with E-state index in [9.17, 15) is 9.59 Å². The van der Waals surface area contributed by atoms with Gasteiger partial charge in [-0.05, 0) is 25.0 Å². The molecule has 0 aliphatic rings. The van der Waals surface area contributed by atoms with Crippen LogP contribution in [0, 0.1) is 6.92 Å². The zero-order chi connectivity index (χ0) is 14.6. The molecule has 0 bridgehead atoms. The minimum atomic E-state index is -0.962. The zero-order valence-electron chi connectivity index (χ0n) is 11.3. The SMILES string of the molecule is Cc1cc(N)sc1C(=O)N(C)CCCN(C)C(=O)O. The summed E-state index contributed by atoms with van der Waals surface area (Å²) in [7, 11) is 3.22. The molecular formula is C12H19N3O3S. The van der Waals surface area contributed by atoms with Gasteiger partial charge >= 0.3 is 6.09 Å². The lowest BCUT2D eigenvalue weighted by molar-refractivity contribution is 0.0794. The predicted octanol–water partition coefficient (Wildman–Crippen LogP) is 1.71. The predicted molar refractivity (Wildman–Crippen MR) is 75.7 cm³/mol. The molecule has 0 aliphatic heterocycles. The molecule has 0 aromatic carbocycles. The topological polar surface area (TPSA) is 86.9 Å². The van der Waals surface area contributed by atoms with E-state index in [-0.39, 0.29) is 5.91 Å². The summed E-state index contributed by atoms with van der Waals surface area (Å²) in [5.74, 6) is -0.0721. The largest absolute Gasteiger partial charge is 0.465 e. The number of carbonyl (C=O) groups is 2. The Labute approximate surface area is 116 Å². The lowest BCUT2D eigenvalue weighted by Crippen LogP contribution is -2.32. The third-order valence-electron chi connectivity index (χ3n) is 2.79. The Kier molecular flexibility index (Phi) is 5.17. The van der Waals surface area contributed by atoms with E-state index in [2.05, 4.69) is 0 Å². The molecule has 106 valence electrons. The Morgan fingerprint density at radius 3 is 2.37 bits per heavy atom. The van der Waals surface area contributed by atoms with E-state index in [0.717, 1.165) is 5.56 Å². The lowest BCUT2D eigenvalue weighted by Gasteiger charge is -2.19. The number of amides is 2. The smallest absolute Gasteiger partial charge is 0.407 e. The molecule has 1 aromatic rings. The Morgan fingerprint density at radius 2 is 1.89 bits per heavy atom. The van der Waals surface area contributed by atoms with Crippen molar-refractivity contribution in [2.24, 2.45) is 0 Å². The van der Waals surface area contributed by atoms with Crippen molar-refractivity contribution in [3.63, 3.8) is 0 Å². The number of hydrogen-bond acceptors (Lipinski definition) is 4. The third-order valence-corrected chi connectivity index (χ3v) is 3.85. The maximum atomic E-state index is 12.1. The van der Waals surface area contributed by atoms with Gasteiger partial charge in [-0.2, -0.15) is 0 Å². The van der Waals surface area contributed by atoms with Crippen LogP contribution in [0.5, 0.6) is 0 Å². The van der Waals surface area contributed by atoms with Crippen LogP contribution < -0.4 is 5.73 Å². The molecule has 0 spiro atoms. The average molecular weight is 285 g/mol. The Morgan fingerprint density at radius 1 is 1.32 bits per heavy atom. The summed E-state index contributed by atoms with van der Waals surface area (Å²) >= 11 is 1.28. The molecule has 0 radical (unpaired) electrons. The van der Waals surface area contributed by atoms with Crippen LogP contribution in [-0.2, 0) is 0 Å². The normalized spacial score (nSPS) is 10.3. The number of nitrogens with zero attached hydrogens (tertiary/aromatic N) is 2. The fourth-order valence-electron chi connectivity index (χ4n) is 1.63. The number of carbonyl (C=O) groups excluding carboxylic acids is 1. The van der Waals surface area contributed by atoms with Crippen molar-refractivity contribution in [2.75, 3.05) is 32.9 Å². The van der Waals surface area contributed by atoms with Gasteiger partial charge < -0.3 is 20.6 Å². The molecule has 2 amide bonds. The second kappa shape index (κ2) is 6.42. The maximum Gasteiger partial charge on any atom is 0.407 e. The van der Waals surface area contributed by atoms with Gasteiger partial charge in [-0.1, -0.05) is 0 Å². The van der Waals surface area contributed by atoms with Crippen molar-refractivity contribution in [1.82, 2.24) is 9.80 Å². The highest BCUT2D eigenvalue weighted by atomic mass is 32.1. The minimum Gasteiger partial charge on any atom is -0.465 e. The number of carboxylic acid groups (broad SMARTS) is 1. The average Bonchev–Trinajstić information content (AvgIpc) is 2.66. The van der Waals surface area contributed by atoms with Crippen LogP contribution in [0.1, 0.15) is 21.7 Å². The molecule has 0 unspecified atom stereocenters. The first-order chi connectivity index (χ1) is 8.82. The van der Waals surface area contributed by atoms with Crippen LogP contribution in [-0.4, -0.2) is 54.1 Å². The van der Waals surface area contributed by atoms with E-state index in [1.54, 1.807) is 18.0 Å². The molecule has 1 heterocycles. The fraction of sp³-hybridized carbons (Fsp3) is 0.500. The first-order valence-electron chi connectivity index (χ1n) is 5.88. The number of anilines is 1. The summed E-state index contributed by atoms with van der Waals surface area (Å²) in [6.45, 7) is 2.76. The van der Waals surface area contributed by atoms with Crippen LogP contribution >= 0.6 is 11.3 Å². The van der Waals surface area contributed by atoms with Gasteiger partial charge in [0.2, 0.25) is 0 Å². The quantitative estimate of drug-likeness (QED) is 0.862. The molecular weight excluding hydrogens is 266 g/mol. The molecule has 7 heteroatoms. The van der Waals surface area contributed by atoms with Gasteiger partial charge in [-0.25, -0.2) is 4.79 Å². The van der Waals surface area contributed by atoms with Gasteiger partial charge in [0.05, 0.1) is 9.88 Å². The van der Waals surface area contributed by atoms with Crippen molar-refractivity contribution >= 4 is 28.3 Å². The molecule has 0 atom stereocenters. The van der Waals surface area contributed by atoms with Crippen molar-refractivity contribution in [3.05, 3.63) is 16.5 Å². The molecule has 1 aromatic heterocycles. The van der Waals surface area contributed by atoms with Gasteiger partial charge in [-0.3, -0.25) is 4.79 Å². The maximum absolute atomic E-state index is 12.1. The number of aryl methyl sites for hydroxylation is 1. The number of rotatable bonds is 5. The molecule has 3 N–H and O–H groups in total. The minimum absolute atomic E-state index is 0.0721. The monoisotopic (exact) mass is 285 g/mol. The number of hydrogen-bond donors (Lipinski definition) is 2. The number of nitrogen functional groups attached to an aromatic ring is 1. The lowest BCUT2D eigenvalue weighted by atomic mass is 10.2. The van der Waals surface area contributed by atoms with Crippen molar-refractivity contribution in [1.29, 1.82) is 0 Å². The molecule has 6 nitrogen and oxygen atoms in total. The first kappa shape index (κ1) is 15.3. The van der Waals surface area contributed by atoms with Gasteiger partial charge in [0.15, 0.2) is 0 Å². The van der Waals surface area contributed by atoms with Gasteiger partial charge in [-0.15, -0.1) is 11.3 Å². The Hall–Kier alpha value is -1.76. The Balaban J connectivity index is 2.50. The Bertz CT molecular complexity index is 473. The molecule has 0 saturated carbocycles. The van der Waals surface area contributed by atoms with E-state index in [1.807, 2.05) is 6.92 Å². The summed E-state index contributed by atoms with van der Waals surface area (Å²) in [6, 6.07) is 1.78. The number of thiophene rings is 1. The molecule has 19 heavy (non-hydrogen) atoms.